The number of hydrogen-bond acceptors (Lipinski definition) is 5. The first kappa shape index (κ1) is 20.7. The van der Waals surface area contributed by atoms with Crippen LogP contribution < -0.4 is 10.2 Å². The largest absolute Gasteiger partial charge is 0.464 e. The summed E-state index contributed by atoms with van der Waals surface area (Å²) in [5, 5.41) is 3.61. The highest BCUT2D eigenvalue weighted by atomic mass is 16.5. The van der Waals surface area contributed by atoms with Gasteiger partial charge in [0.25, 0.3) is 5.91 Å². The molecular formula is C24H24N2O5. The Balaban J connectivity index is 1.36. The first-order chi connectivity index (χ1) is 14.9. The van der Waals surface area contributed by atoms with Gasteiger partial charge in [-0.1, -0.05) is 12.1 Å². The summed E-state index contributed by atoms with van der Waals surface area (Å²) in [6, 6.07) is 11.0. The van der Waals surface area contributed by atoms with Crippen LogP contribution in [-0.4, -0.2) is 30.9 Å². The highest BCUT2D eigenvalue weighted by Crippen LogP contribution is 2.29. The first-order valence-corrected chi connectivity index (χ1v) is 10.2. The Labute approximate surface area is 180 Å². The molecule has 0 unspecified atom stereocenters. The van der Waals surface area contributed by atoms with E-state index in [-0.39, 0.29) is 12.3 Å². The second-order valence-corrected chi connectivity index (χ2v) is 7.75. The third-order valence-corrected chi connectivity index (χ3v) is 5.51. The second-order valence-electron chi connectivity index (χ2n) is 7.75. The standard InChI is InChI=1S/C24H24N2O5/c1-15-10-18-17(13-30-21(18)11-16(15)2)12-24(29)31-14-22(27)25-19-6-3-4-7-20(19)26-9-5-8-23(26)28/h3-4,6-7,10-11,13H,5,8-9,12,14H2,1-2H3,(H,25,27). The van der Waals surface area contributed by atoms with Crippen LogP contribution in [0.4, 0.5) is 11.4 Å². The van der Waals surface area contributed by atoms with Crippen molar-refractivity contribution >= 4 is 40.1 Å². The minimum Gasteiger partial charge on any atom is -0.464 e. The summed E-state index contributed by atoms with van der Waals surface area (Å²) in [6.45, 7) is 4.22. The topological polar surface area (TPSA) is 88.8 Å². The molecule has 7 heteroatoms. The molecule has 2 heterocycles. The molecule has 0 spiro atoms. The maximum Gasteiger partial charge on any atom is 0.310 e. The second kappa shape index (κ2) is 8.63. The number of benzene rings is 2. The molecule has 1 N–H and O–H groups in total. The number of nitrogens with zero attached hydrogens (tertiary/aromatic N) is 1. The molecule has 1 saturated heterocycles. The smallest absolute Gasteiger partial charge is 0.310 e. The summed E-state index contributed by atoms with van der Waals surface area (Å²) >= 11 is 0. The number of hydrogen-bond donors (Lipinski definition) is 1. The van der Waals surface area contributed by atoms with E-state index >= 15 is 0 Å². The molecule has 0 bridgehead atoms. The monoisotopic (exact) mass is 420 g/mol. The van der Waals surface area contributed by atoms with Crippen LogP contribution in [0.5, 0.6) is 0 Å². The average molecular weight is 420 g/mol. The van der Waals surface area contributed by atoms with Crippen molar-refractivity contribution in [1.82, 2.24) is 0 Å². The van der Waals surface area contributed by atoms with Crippen LogP contribution in [0.2, 0.25) is 0 Å². The highest BCUT2D eigenvalue weighted by Gasteiger charge is 2.24. The van der Waals surface area contributed by atoms with Gasteiger partial charge in [0.05, 0.1) is 24.1 Å². The molecule has 0 aliphatic carbocycles. The lowest BCUT2D eigenvalue weighted by molar-refractivity contribution is -0.146. The average Bonchev–Trinajstić information content (AvgIpc) is 3.33. The summed E-state index contributed by atoms with van der Waals surface area (Å²) in [4.78, 5) is 38.3. The van der Waals surface area contributed by atoms with Crippen molar-refractivity contribution in [3.63, 3.8) is 0 Å². The van der Waals surface area contributed by atoms with Crippen molar-refractivity contribution in [3.05, 3.63) is 59.4 Å². The third-order valence-electron chi connectivity index (χ3n) is 5.51. The number of anilines is 2. The van der Waals surface area contributed by atoms with Gasteiger partial charge in [0, 0.05) is 23.9 Å². The lowest BCUT2D eigenvalue weighted by Crippen LogP contribution is -2.27. The first-order valence-electron chi connectivity index (χ1n) is 10.2. The molecule has 2 amide bonds. The van der Waals surface area contributed by atoms with E-state index < -0.39 is 18.5 Å². The van der Waals surface area contributed by atoms with Gasteiger partial charge in [-0.15, -0.1) is 0 Å². The molecular weight excluding hydrogens is 396 g/mol. The summed E-state index contributed by atoms with van der Waals surface area (Å²) in [6.07, 6.45) is 2.86. The van der Waals surface area contributed by atoms with Crippen LogP contribution in [0, 0.1) is 13.8 Å². The lowest BCUT2D eigenvalue weighted by Gasteiger charge is -2.19. The Morgan fingerprint density at radius 1 is 1.16 bits per heavy atom. The molecule has 0 radical (unpaired) electrons. The number of fused-ring (bicyclic) bond motifs is 1. The number of ether oxygens (including phenoxy) is 1. The molecule has 1 fully saturated rings. The molecule has 1 aliphatic heterocycles. The van der Waals surface area contributed by atoms with E-state index in [1.165, 1.54) is 0 Å². The summed E-state index contributed by atoms with van der Waals surface area (Å²) < 4.78 is 10.7. The molecule has 0 atom stereocenters. The van der Waals surface area contributed by atoms with Gasteiger partial charge < -0.3 is 19.4 Å². The maximum absolute atomic E-state index is 12.4. The number of aryl methyl sites for hydroxylation is 2. The number of furan rings is 1. The van der Waals surface area contributed by atoms with Crippen molar-refractivity contribution in [3.8, 4) is 0 Å². The van der Waals surface area contributed by atoms with Gasteiger partial charge in [-0.2, -0.15) is 0 Å². The fraction of sp³-hybridized carbons (Fsp3) is 0.292. The van der Waals surface area contributed by atoms with Gasteiger partial charge in [0.1, 0.15) is 5.58 Å². The minimum atomic E-state index is -0.515. The maximum atomic E-state index is 12.4. The number of rotatable bonds is 6. The van der Waals surface area contributed by atoms with Crippen LogP contribution in [0.1, 0.15) is 29.5 Å². The lowest BCUT2D eigenvalue weighted by atomic mass is 10.0. The van der Waals surface area contributed by atoms with E-state index in [2.05, 4.69) is 5.32 Å². The minimum absolute atomic E-state index is 0.0155. The Kier molecular flexibility index (Phi) is 5.75. The zero-order chi connectivity index (χ0) is 22.0. The zero-order valence-electron chi connectivity index (χ0n) is 17.6. The van der Waals surface area contributed by atoms with Crippen molar-refractivity contribution in [1.29, 1.82) is 0 Å². The molecule has 160 valence electrons. The van der Waals surface area contributed by atoms with E-state index in [0.717, 1.165) is 34.1 Å². The van der Waals surface area contributed by atoms with Crippen LogP contribution in [0.3, 0.4) is 0 Å². The number of esters is 1. The van der Waals surface area contributed by atoms with Gasteiger partial charge in [0.2, 0.25) is 5.91 Å². The van der Waals surface area contributed by atoms with Crippen LogP contribution in [-0.2, 0) is 25.5 Å². The number of carbonyl (C=O) groups excluding carboxylic acids is 3. The van der Waals surface area contributed by atoms with Crippen LogP contribution in [0.15, 0.2) is 47.1 Å². The van der Waals surface area contributed by atoms with Gasteiger partial charge >= 0.3 is 5.97 Å². The van der Waals surface area contributed by atoms with Crippen molar-refractivity contribution < 1.29 is 23.5 Å². The molecule has 1 aliphatic rings. The van der Waals surface area contributed by atoms with Gasteiger partial charge in [-0.05, 0) is 55.7 Å². The van der Waals surface area contributed by atoms with Gasteiger partial charge in [-0.3, -0.25) is 14.4 Å². The fourth-order valence-electron chi connectivity index (χ4n) is 3.73. The SMILES string of the molecule is Cc1cc2occ(CC(=O)OCC(=O)Nc3ccccc3N3CCCC3=O)c2cc1C. The number of para-hydroxylation sites is 2. The Morgan fingerprint density at radius 2 is 1.94 bits per heavy atom. The Hall–Kier alpha value is -3.61. The number of nitrogens with one attached hydrogen (secondary N) is 1. The van der Waals surface area contributed by atoms with Crippen molar-refractivity contribution in [2.45, 2.75) is 33.1 Å². The molecule has 4 rings (SSSR count). The molecule has 1 aromatic heterocycles. The summed E-state index contributed by atoms with van der Waals surface area (Å²) in [5.41, 5.74) is 4.84. The van der Waals surface area contributed by atoms with Crippen molar-refractivity contribution in [2.24, 2.45) is 0 Å². The Morgan fingerprint density at radius 3 is 2.71 bits per heavy atom. The van der Waals surface area contributed by atoms with E-state index in [9.17, 15) is 14.4 Å². The summed E-state index contributed by atoms with van der Waals surface area (Å²) in [5.74, 6) is -0.944. The molecule has 31 heavy (non-hydrogen) atoms. The predicted octanol–water partition coefficient (Wildman–Crippen LogP) is 3.90. The quantitative estimate of drug-likeness (QED) is 0.611. The van der Waals surface area contributed by atoms with Crippen LogP contribution >= 0.6 is 0 Å². The highest BCUT2D eigenvalue weighted by molar-refractivity contribution is 6.02. The van der Waals surface area contributed by atoms with E-state index in [1.54, 1.807) is 29.4 Å². The van der Waals surface area contributed by atoms with E-state index in [1.807, 2.05) is 32.0 Å². The van der Waals surface area contributed by atoms with Gasteiger partial charge in [0.15, 0.2) is 6.61 Å². The molecule has 7 nitrogen and oxygen atoms in total. The van der Waals surface area contributed by atoms with Crippen LogP contribution in [0.25, 0.3) is 11.0 Å². The normalized spacial score (nSPS) is 13.6. The fourth-order valence-corrected chi connectivity index (χ4v) is 3.73. The van der Waals surface area contributed by atoms with Crippen molar-refractivity contribution in [2.75, 3.05) is 23.4 Å². The zero-order valence-corrected chi connectivity index (χ0v) is 17.6. The predicted molar refractivity (Wildman–Crippen MR) is 117 cm³/mol. The molecule has 3 aromatic rings. The van der Waals surface area contributed by atoms with E-state index in [4.69, 9.17) is 9.15 Å². The Bertz CT molecular complexity index is 1160. The molecule has 2 aromatic carbocycles. The number of carbonyl (C=O) groups is 3. The third kappa shape index (κ3) is 4.45. The summed E-state index contributed by atoms with van der Waals surface area (Å²) in [7, 11) is 0. The molecule has 0 saturated carbocycles. The number of amides is 2. The van der Waals surface area contributed by atoms with Gasteiger partial charge in [-0.25, -0.2) is 0 Å². The van der Waals surface area contributed by atoms with E-state index in [0.29, 0.717) is 24.3 Å².